The third kappa shape index (κ3) is 63.3. The number of ether oxygens (including phenoxy) is 3. The van der Waals surface area contributed by atoms with Crippen LogP contribution in [0.1, 0.15) is 329 Å². The van der Waals surface area contributed by atoms with Crippen molar-refractivity contribution in [1.82, 2.24) is 0 Å². The summed E-state index contributed by atoms with van der Waals surface area (Å²) in [5, 5.41) is 0. The molecule has 0 aliphatic rings. The summed E-state index contributed by atoms with van der Waals surface area (Å²) in [5.41, 5.74) is 0. The SMILES string of the molecule is CC/C=C\C/C=C\C/C=C\C/C=C\C/C=C\CCCCCCCCCCCCCCCC(=O)OCC(COC(=O)CCCCCCCCCCCCCCCC)OC(=O)CCCCCCC/C=C\C/C=C\CCCCCC. The van der Waals surface area contributed by atoms with Crippen LogP contribution in [-0.2, 0) is 28.6 Å². The van der Waals surface area contributed by atoms with Crippen molar-refractivity contribution in [1.29, 1.82) is 0 Å². The summed E-state index contributed by atoms with van der Waals surface area (Å²) in [6, 6.07) is 0. The van der Waals surface area contributed by atoms with E-state index in [1.807, 2.05) is 0 Å². The first-order valence-electron chi connectivity index (χ1n) is 33.1. The third-order valence-electron chi connectivity index (χ3n) is 14.4. The van der Waals surface area contributed by atoms with E-state index < -0.39 is 6.10 Å². The van der Waals surface area contributed by atoms with Gasteiger partial charge in [0.05, 0.1) is 0 Å². The molecule has 6 heteroatoms. The average Bonchev–Trinajstić information content (AvgIpc) is 3.43. The fraction of sp³-hybridized carbons (Fsp3) is 0.761. The molecule has 6 nitrogen and oxygen atoms in total. The summed E-state index contributed by atoms with van der Waals surface area (Å²) in [5.74, 6) is -0.878. The molecule has 0 rings (SSSR count). The van der Waals surface area contributed by atoms with Crippen molar-refractivity contribution in [2.24, 2.45) is 0 Å². The molecule has 0 aromatic rings. The zero-order valence-electron chi connectivity index (χ0n) is 51.0. The van der Waals surface area contributed by atoms with E-state index >= 15 is 0 Å². The Morgan fingerprint density at radius 3 is 0.805 bits per heavy atom. The highest BCUT2D eigenvalue weighted by Gasteiger charge is 2.19. The normalized spacial score (nSPS) is 12.6. The minimum atomic E-state index is -0.783. The Balaban J connectivity index is 4.26. The molecule has 1 atom stereocenters. The zero-order valence-corrected chi connectivity index (χ0v) is 51.0. The van der Waals surface area contributed by atoms with Gasteiger partial charge < -0.3 is 14.2 Å². The average molecular weight is 1070 g/mol. The van der Waals surface area contributed by atoms with Crippen LogP contribution in [0.3, 0.4) is 0 Å². The molecule has 0 bridgehead atoms. The maximum atomic E-state index is 12.9. The highest BCUT2D eigenvalue weighted by molar-refractivity contribution is 5.71. The van der Waals surface area contributed by atoms with Gasteiger partial charge in [0.15, 0.2) is 6.10 Å². The van der Waals surface area contributed by atoms with Crippen molar-refractivity contribution in [3.63, 3.8) is 0 Å². The molecule has 0 heterocycles. The fourth-order valence-electron chi connectivity index (χ4n) is 9.44. The zero-order chi connectivity index (χ0) is 55.7. The van der Waals surface area contributed by atoms with E-state index in [2.05, 4.69) is 106 Å². The summed E-state index contributed by atoms with van der Waals surface area (Å²) < 4.78 is 16.9. The van der Waals surface area contributed by atoms with Crippen LogP contribution in [0.25, 0.3) is 0 Å². The molecular weight excluding hydrogens is 949 g/mol. The van der Waals surface area contributed by atoms with Crippen LogP contribution in [0.2, 0.25) is 0 Å². The van der Waals surface area contributed by atoms with Crippen LogP contribution in [0.4, 0.5) is 0 Å². The van der Waals surface area contributed by atoms with Gasteiger partial charge >= 0.3 is 17.9 Å². The number of carbonyl (C=O) groups excluding carboxylic acids is 3. The van der Waals surface area contributed by atoms with Crippen molar-refractivity contribution < 1.29 is 28.6 Å². The molecule has 0 N–H and O–H groups in total. The Bertz CT molecular complexity index is 1470. The molecule has 1 unspecified atom stereocenters. The lowest BCUT2D eigenvalue weighted by molar-refractivity contribution is -0.167. The van der Waals surface area contributed by atoms with Crippen molar-refractivity contribution in [2.75, 3.05) is 13.2 Å². The first-order valence-corrected chi connectivity index (χ1v) is 33.1. The topological polar surface area (TPSA) is 78.9 Å². The Labute approximate surface area is 477 Å². The molecule has 0 saturated heterocycles. The van der Waals surface area contributed by atoms with E-state index in [0.717, 1.165) is 116 Å². The van der Waals surface area contributed by atoms with Crippen LogP contribution in [0.15, 0.2) is 85.1 Å². The highest BCUT2D eigenvalue weighted by atomic mass is 16.6. The molecule has 0 aliphatic heterocycles. The minimum absolute atomic E-state index is 0.0782. The van der Waals surface area contributed by atoms with Crippen molar-refractivity contribution in [2.45, 2.75) is 335 Å². The lowest BCUT2D eigenvalue weighted by Crippen LogP contribution is -2.30. The Kier molecular flexibility index (Phi) is 62.2. The molecule has 0 aromatic carbocycles. The molecule has 0 amide bonds. The third-order valence-corrected chi connectivity index (χ3v) is 14.4. The Morgan fingerprint density at radius 2 is 0.506 bits per heavy atom. The predicted octanol–water partition coefficient (Wildman–Crippen LogP) is 22.7. The van der Waals surface area contributed by atoms with Crippen LogP contribution >= 0.6 is 0 Å². The number of allylic oxidation sites excluding steroid dienone is 14. The van der Waals surface area contributed by atoms with Gasteiger partial charge in [0.25, 0.3) is 0 Å². The standard InChI is InChI=1S/C71H124O6/c1-4-7-10-13-16-19-22-25-28-30-31-32-33-34-35-36-37-38-39-40-41-42-44-46-49-52-55-58-61-64-70(73)76-67-68(66-75-69(72)63-60-57-54-51-48-45-27-24-21-18-15-12-9-6-3)77-71(74)65-62-59-56-53-50-47-43-29-26-23-20-17-14-11-8-5-2/h7,10,16,19-20,23,25,28-29,31-32,34-35,43,68H,4-6,8-9,11-15,17-18,21-22,24,26-27,30,33,36-42,44-67H2,1-3H3/b10-7-,19-16-,23-20-,28-25-,32-31-,35-34-,43-29-. The lowest BCUT2D eigenvalue weighted by atomic mass is 10.0. The largest absolute Gasteiger partial charge is 0.462 e. The van der Waals surface area contributed by atoms with Gasteiger partial charge in [-0.2, -0.15) is 0 Å². The highest BCUT2D eigenvalue weighted by Crippen LogP contribution is 2.17. The lowest BCUT2D eigenvalue weighted by Gasteiger charge is -2.18. The number of unbranched alkanes of at least 4 members (excludes halogenated alkanes) is 35. The van der Waals surface area contributed by atoms with Crippen molar-refractivity contribution in [3.05, 3.63) is 85.1 Å². The van der Waals surface area contributed by atoms with Crippen molar-refractivity contribution >= 4 is 17.9 Å². The van der Waals surface area contributed by atoms with E-state index in [1.54, 1.807) is 0 Å². The molecule has 77 heavy (non-hydrogen) atoms. The van der Waals surface area contributed by atoms with Gasteiger partial charge in [-0.15, -0.1) is 0 Å². The molecule has 0 spiro atoms. The van der Waals surface area contributed by atoms with Crippen LogP contribution in [-0.4, -0.2) is 37.2 Å². The summed E-state index contributed by atoms with van der Waals surface area (Å²) in [6.45, 7) is 6.53. The molecule has 0 aromatic heterocycles. The molecule has 0 radical (unpaired) electrons. The quantitative estimate of drug-likeness (QED) is 0.0261. The van der Waals surface area contributed by atoms with Gasteiger partial charge in [-0.3, -0.25) is 14.4 Å². The van der Waals surface area contributed by atoms with Gasteiger partial charge in [0.1, 0.15) is 13.2 Å². The van der Waals surface area contributed by atoms with Gasteiger partial charge in [-0.25, -0.2) is 0 Å². The monoisotopic (exact) mass is 1070 g/mol. The minimum Gasteiger partial charge on any atom is -0.462 e. The van der Waals surface area contributed by atoms with Crippen LogP contribution in [0, 0.1) is 0 Å². The maximum Gasteiger partial charge on any atom is 0.306 e. The Hall–Kier alpha value is -3.41. The number of carbonyl (C=O) groups is 3. The van der Waals surface area contributed by atoms with Crippen molar-refractivity contribution in [3.8, 4) is 0 Å². The Morgan fingerprint density at radius 1 is 0.273 bits per heavy atom. The number of esters is 3. The smallest absolute Gasteiger partial charge is 0.306 e. The predicted molar refractivity (Wildman–Crippen MR) is 334 cm³/mol. The summed E-state index contributed by atoms with van der Waals surface area (Å²) >= 11 is 0. The number of hydrogen-bond acceptors (Lipinski definition) is 6. The summed E-state index contributed by atoms with van der Waals surface area (Å²) in [7, 11) is 0. The van der Waals surface area contributed by atoms with Gasteiger partial charge in [0, 0.05) is 19.3 Å². The molecule has 0 saturated carbocycles. The number of hydrogen-bond donors (Lipinski definition) is 0. The second kappa shape index (κ2) is 65.1. The fourth-order valence-corrected chi connectivity index (χ4v) is 9.44. The van der Waals surface area contributed by atoms with E-state index in [4.69, 9.17) is 14.2 Å². The van der Waals surface area contributed by atoms with Crippen LogP contribution < -0.4 is 0 Å². The molecule has 444 valence electrons. The first kappa shape index (κ1) is 73.6. The molecular formula is C71H124O6. The van der Waals surface area contributed by atoms with E-state index in [0.29, 0.717) is 19.3 Å². The summed E-state index contributed by atoms with van der Waals surface area (Å²) in [6.07, 6.45) is 85.9. The molecule has 0 aliphatic carbocycles. The van der Waals surface area contributed by atoms with Gasteiger partial charge in [-0.05, 0) is 96.3 Å². The van der Waals surface area contributed by atoms with E-state index in [9.17, 15) is 14.4 Å². The maximum absolute atomic E-state index is 12.9. The second-order valence-corrected chi connectivity index (χ2v) is 22.0. The molecule has 0 fully saturated rings. The van der Waals surface area contributed by atoms with Gasteiger partial charge in [0.2, 0.25) is 0 Å². The summed E-state index contributed by atoms with van der Waals surface area (Å²) in [4.78, 5) is 38.3. The van der Waals surface area contributed by atoms with E-state index in [-0.39, 0.29) is 31.1 Å². The van der Waals surface area contributed by atoms with Gasteiger partial charge in [-0.1, -0.05) is 298 Å². The van der Waals surface area contributed by atoms with E-state index in [1.165, 1.54) is 173 Å². The van der Waals surface area contributed by atoms with Crippen LogP contribution in [0.5, 0.6) is 0 Å². The second-order valence-electron chi connectivity index (χ2n) is 22.0. The first-order chi connectivity index (χ1) is 38.0. The number of rotatable bonds is 60.